The molecule has 0 spiro atoms. The lowest BCUT2D eigenvalue weighted by molar-refractivity contribution is -0.119. The SMILES string of the molecule is CC(=O)NC1CCN(C(=O)c2ccc(-c3cnc4[nH]cc(C(=O)N[C@@H](C)C(C)(C)C)c4n3)s2)CC1. The van der Waals surface area contributed by atoms with Crippen molar-refractivity contribution in [3.05, 3.63) is 35.0 Å². The highest BCUT2D eigenvalue weighted by Crippen LogP contribution is 2.29. The van der Waals surface area contributed by atoms with Crippen molar-refractivity contribution >= 4 is 40.2 Å². The molecular formula is C25H32N6O3S. The van der Waals surface area contributed by atoms with Gasteiger partial charge in [-0.1, -0.05) is 20.8 Å². The van der Waals surface area contributed by atoms with Crippen LogP contribution < -0.4 is 10.6 Å². The standard InChI is InChI=1S/C25H32N6O3S/c1-14(25(3,4)5)28-23(33)17-12-26-22-21(17)30-18(13-27-22)19-6-7-20(35-19)24(34)31-10-8-16(9-11-31)29-15(2)32/h6-7,12-14,16H,8-11H2,1-5H3,(H,26,27)(H,28,33)(H,29,32)/t14-/m0/s1. The first kappa shape index (κ1) is 24.8. The van der Waals surface area contributed by atoms with E-state index in [4.69, 9.17) is 4.98 Å². The van der Waals surface area contributed by atoms with Crippen molar-refractivity contribution in [2.75, 3.05) is 13.1 Å². The van der Waals surface area contributed by atoms with Crippen molar-refractivity contribution in [1.29, 1.82) is 0 Å². The van der Waals surface area contributed by atoms with Gasteiger partial charge in [-0.05, 0) is 37.3 Å². The molecule has 35 heavy (non-hydrogen) atoms. The molecule has 4 rings (SSSR count). The molecule has 1 atom stereocenters. The third-order valence-electron chi connectivity index (χ3n) is 6.53. The number of thiophene rings is 1. The molecular weight excluding hydrogens is 464 g/mol. The van der Waals surface area contributed by atoms with Gasteiger partial charge in [-0.25, -0.2) is 9.97 Å². The third-order valence-corrected chi connectivity index (χ3v) is 7.63. The highest BCUT2D eigenvalue weighted by atomic mass is 32.1. The Kier molecular flexibility index (Phi) is 6.93. The molecule has 1 aliphatic rings. The van der Waals surface area contributed by atoms with E-state index < -0.39 is 0 Å². The van der Waals surface area contributed by atoms with Crippen LogP contribution in [0.1, 0.15) is 67.5 Å². The molecule has 10 heteroatoms. The molecule has 0 bridgehead atoms. The largest absolute Gasteiger partial charge is 0.353 e. The van der Waals surface area contributed by atoms with Gasteiger partial charge in [-0.3, -0.25) is 14.4 Å². The van der Waals surface area contributed by atoms with Crippen LogP contribution in [0.2, 0.25) is 0 Å². The minimum atomic E-state index is -0.199. The molecule has 0 aromatic carbocycles. The van der Waals surface area contributed by atoms with Crippen LogP contribution in [0.15, 0.2) is 24.5 Å². The molecule has 0 unspecified atom stereocenters. The van der Waals surface area contributed by atoms with Crippen molar-refractivity contribution < 1.29 is 14.4 Å². The first-order valence-electron chi connectivity index (χ1n) is 11.8. The van der Waals surface area contributed by atoms with E-state index in [0.29, 0.717) is 40.4 Å². The molecule has 186 valence electrons. The molecule has 1 aliphatic heterocycles. The van der Waals surface area contributed by atoms with Crippen LogP contribution in [0.4, 0.5) is 0 Å². The van der Waals surface area contributed by atoms with E-state index in [2.05, 4.69) is 41.4 Å². The molecule has 4 heterocycles. The maximum Gasteiger partial charge on any atom is 0.263 e. The Morgan fingerprint density at radius 3 is 2.57 bits per heavy atom. The average molecular weight is 497 g/mol. The number of nitrogens with one attached hydrogen (secondary N) is 3. The van der Waals surface area contributed by atoms with Crippen molar-refractivity contribution in [1.82, 2.24) is 30.5 Å². The lowest BCUT2D eigenvalue weighted by Gasteiger charge is -2.31. The summed E-state index contributed by atoms with van der Waals surface area (Å²) in [7, 11) is 0. The molecule has 1 fully saturated rings. The minimum absolute atomic E-state index is 0.0190. The topological polar surface area (TPSA) is 120 Å². The zero-order valence-electron chi connectivity index (χ0n) is 20.8. The zero-order valence-corrected chi connectivity index (χ0v) is 21.6. The summed E-state index contributed by atoms with van der Waals surface area (Å²) in [5.41, 5.74) is 2.03. The van der Waals surface area contributed by atoms with Crippen LogP contribution in [-0.4, -0.2) is 62.7 Å². The van der Waals surface area contributed by atoms with Crippen LogP contribution >= 0.6 is 11.3 Å². The number of amides is 3. The number of piperidine rings is 1. The van der Waals surface area contributed by atoms with Gasteiger partial charge in [0, 0.05) is 38.3 Å². The first-order chi connectivity index (χ1) is 16.5. The van der Waals surface area contributed by atoms with E-state index in [9.17, 15) is 14.4 Å². The Bertz CT molecular complexity index is 1250. The number of hydrogen-bond acceptors (Lipinski definition) is 6. The van der Waals surface area contributed by atoms with Gasteiger partial charge in [0.05, 0.1) is 27.2 Å². The number of likely N-dealkylation sites (tertiary alicyclic amines) is 1. The average Bonchev–Trinajstić information content (AvgIpc) is 3.45. The Morgan fingerprint density at radius 1 is 1.20 bits per heavy atom. The fraction of sp³-hybridized carbons (Fsp3) is 0.480. The van der Waals surface area contributed by atoms with E-state index in [1.165, 1.54) is 18.3 Å². The number of hydrogen-bond donors (Lipinski definition) is 3. The lowest BCUT2D eigenvalue weighted by Crippen LogP contribution is -2.45. The predicted octanol–water partition coefficient (Wildman–Crippen LogP) is 3.59. The Labute approximate surface area is 208 Å². The number of carbonyl (C=O) groups is 3. The van der Waals surface area contributed by atoms with Gasteiger partial charge in [0.1, 0.15) is 5.52 Å². The van der Waals surface area contributed by atoms with Crippen molar-refractivity contribution in [2.24, 2.45) is 5.41 Å². The van der Waals surface area contributed by atoms with Gasteiger partial charge < -0.3 is 20.5 Å². The predicted molar refractivity (Wildman–Crippen MR) is 136 cm³/mol. The molecule has 3 aromatic heterocycles. The number of aromatic amines is 1. The fourth-order valence-corrected chi connectivity index (χ4v) is 4.86. The summed E-state index contributed by atoms with van der Waals surface area (Å²) in [5, 5.41) is 5.97. The second-order valence-corrected chi connectivity index (χ2v) is 11.2. The summed E-state index contributed by atoms with van der Waals surface area (Å²) in [5.74, 6) is -0.258. The molecule has 3 aromatic rings. The van der Waals surface area contributed by atoms with E-state index in [1.54, 1.807) is 12.4 Å². The van der Waals surface area contributed by atoms with Crippen molar-refractivity contribution in [3.8, 4) is 10.6 Å². The molecule has 0 aliphatic carbocycles. The minimum Gasteiger partial charge on any atom is -0.353 e. The van der Waals surface area contributed by atoms with Gasteiger partial charge in [0.25, 0.3) is 11.8 Å². The Hall–Kier alpha value is -3.27. The molecule has 9 nitrogen and oxygen atoms in total. The quantitative estimate of drug-likeness (QED) is 0.499. The van der Waals surface area contributed by atoms with Crippen LogP contribution in [0, 0.1) is 5.41 Å². The van der Waals surface area contributed by atoms with Crippen LogP contribution in [0.3, 0.4) is 0 Å². The number of nitrogens with zero attached hydrogens (tertiary/aromatic N) is 3. The van der Waals surface area contributed by atoms with E-state index in [1.807, 2.05) is 24.0 Å². The van der Waals surface area contributed by atoms with Crippen LogP contribution in [0.25, 0.3) is 21.7 Å². The first-order valence-corrected chi connectivity index (χ1v) is 12.7. The summed E-state index contributed by atoms with van der Waals surface area (Å²) in [6.07, 6.45) is 4.78. The number of H-pyrrole nitrogens is 1. The van der Waals surface area contributed by atoms with Gasteiger partial charge in [-0.2, -0.15) is 0 Å². The van der Waals surface area contributed by atoms with E-state index in [0.717, 1.165) is 17.7 Å². The number of rotatable bonds is 5. The Morgan fingerprint density at radius 2 is 1.91 bits per heavy atom. The highest BCUT2D eigenvalue weighted by Gasteiger charge is 2.26. The maximum absolute atomic E-state index is 13.0. The lowest BCUT2D eigenvalue weighted by atomic mass is 9.88. The monoisotopic (exact) mass is 496 g/mol. The maximum atomic E-state index is 13.0. The van der Waals surface area contributed by atoms with E-state index in [-0.39, 0.29) is 35.2 Å². The van der Waals surface area contributed by atoms with Gasteiger partial charge >= 0.3 is 0 Å². The normalized spacial score (nSPS) is 15.7. The smallest absolute Gasteiger partial charge is 0.263 e. The summed E-state index contributed by atoms with van der Waals surface area (Å²) in [6, 6.07) is 3.78. The van der Waals surface area contributed by atoms with Crippen LogP contribution in [0.5, 0.6) is 0 Å². The van der Waals surface area contributed by atoms with Gasteiger partial charge in [-0.15, -0.1) is 11.3 Å². The second-order valence-electron chi connectivity index (χ2n) is 10.1. The molecule has 3 amide bonds. The molecule has 1 saturated heterocycles. The third kappa shape index (κ3) is 5.53. The number of fused-ring (bicyclic) bond motifs is 1. The van der Waals surface area contributed by atoms with Gasteiger partial charge in [0.15, 0.2) is 5.65 Å². The Balaban J connectivity index is 1.49. The second kappa shape index (κ2) is 9.77. The highest BCUT2D eigenvalue weighted by molar-refractivity contribution is 7.17. The summed E-state index contributed by atoms with van der Waals surface area (Å²) < 4.78 is 0. The summed E-state index contributed by atoms with van der Waals surface area (Å²) in [6.45, 7) is 10.9. The fourth-order valence-electron chi connectivity index (χ4n) is 3.93. The number of aromatic nitrogens is 3. The summed E-state index contributed by atoms with van der Waals surface area (Å²) >= 11 is 1.36. The van der Waals surface area contributed by atoms with E-state index >= 15 is 0 Å². The molecule has 3 N–H and O–H groups in total. The number of carbonyl (C=O) groups excluding carboxylic acids is 3. The van der Waals surface area contributed by atoms with Crippen molar-refractivity contribution in [3.63, 3.8) is 0 Å². The van der Waals surface area contributed by atoms with Gasteiger partial charge in [0.2, 0.25) is 5.91 Å². The van der Waals surface area contributed by atoms with Crippen molar-refractivity contribution in [2.45, 2.75) is 59.5 Å². The summed E-state index contributed by atoms with van der Waals surface area (Å²) in [4.78, 5) is 52.6. The zero-order chi connectivity index (χ0) is 25.3. The molecule has 0 saturated carbocycles. The molecule has 0 radical (unpaired) electrons. The van der Waals surface area contributed by atoms with Crippen LogP contribution in [-0.2, 0) is 4.79 Å².